The Morgan fingerprint density at radius 3 is 2.67 bits per heavy atom. The Balaban J connectivity index is 1.58. The third-order valence-electron chi connectivity index (χ3n) is 4.99. The number of nitrogens with zero attached hydrogens (tertiary/aromatic N) is 4. The Kier molecular flexibility index (Phi) is 3.67. The number of urea groups is 1. The maximum atomic E-state index is 12.6. The van der Waals surface area contributed by atoms with Crippen LogP contribution in [0.25, 0.3) is 10.9 Å². The summed E-state index contributed by atoms with van der Waals surface area (Å²) >= 11 is 0. The van der Waals surface area contributed by atoms with Gasteiger partial charge in [-0.2, -0.15) is 0 Å². The summed E-state index contributed by atoms with van der Waals surface area (Å²) in [7, 11) is 0. The van der Waals surface area contributed by atoms with Crippen molar-refractivity contribution in [2.24, 2.45) is 0 Å². The maximum Gasteiger partial charge on any atom is 0.327 e. The monoisotopic (exact) mass is 324 g/mol. The first-order valence-electron chi connectivity index (χ1n) is 8.47. The van der Waals surface area contributed by atoms with Gasteiger partial charge in [0.2, 0.25) is 0 Å². The molecule has 0 spiro atoms. The molecule has 1 aliphatic carbocycles. The van der Waals surface area contributed by atoms with Crippen LogP contribution in [0, 0.1) is 6.92 Å². The summed E-state index contributed by atoms with van der Waals surface area (Å²) in [5.74, 6) is 0.363. The van der Waals surface area contributed by atoms with Crippen molar-refractivity contribution in [2.75, 3.05) is 6.54 Å². The van der Waals surface area contributed by atoms with Gasteiger partial charge in [0.25, 0.3) is 5.91 Å². The SMILES string of the molecule is Cc1nc(CN2C(=O)CN(C3CCCC3)C2=O)nc2ccccc12. The van der Waals surface area contributed by atoms with Crippen LogP contribution in [0.2, 0.25) is 0 Å². The van der Waals surface area contributed by atoms with E-state index >= 15 is 0 Å². The molecule has 0 radical (unpaired) electrons. The molecule has 1 saturated heterocycles. The average Bonchev–Trinajstić information content (AvgIpc) is 3.19. The highest BCUT2D eigenvalue weighted by atomic mass is 16.2. The summed E-state index contributed by atoms with van der Waals surface area (Å²) in [5, 5.41) is 0.993. The number of benzene rings is 1. The van der Waals surface area contributed by atoms with Crippen molar-refractivity contribution in [1.82, 2.24) is 19.8 Å². The molecule has 1 saturated carbocycles. The van der Waals surface area contributed by atoms with E-state index in [2.05, 4.69) is 9.97 Å². The predicted molar refractivity (Wildman–Crippen MR) is 89.2 cm³/mol. The summed E-state index contributed by atoms with van der Waals surface area (Å²) in [6, 6.07) is 7.79. The molecule has 6 heteroatoms. The van der Waals surface area contributed by atoms with E-state index in [0.717, 1.165) is 42.3 Å². The van der Waals surface area contributed by atoms with E-state index in [1.807, 2.05) is 31.2 Å². The first kappa shape index (κ1) is 15.1. The van der Waals surface area contributed by atoms with Gasteiger partial charge in [-0.3, -0.25) is 9.69 Å². The quantitative estimate of drug-likeness (QED) is 0.814. The first-order valence-corrected chi connectivity index (χ1v) is 8.47. The second-order valence-electron chi connectivity index (χ2n) is 6.57. The standard InChI is InChI=1S/C18H20N4O2/c1-12-14-8-4-5-9-15(14)20-16(19-12)10-22-17(23)11-21(18(22)24)13-6-2-3-7-13/h4-5,8-9,13H,2-3,6-7,10-11H2,1H3. The lowest BCUT2D eigenvalue weighted by Gasteiger charge is -2.22. The van der Waals surface area contributed by atoms with Crippen LogP contribution in [-0.2, 0) is 11.3 Å². The number of amides is 3. The summed E-state index contributed by atoms with van der Waals surface area (Å²) in [5.41, 5.74) is 1.70. The van der Waals surface area contributed by atoms with Gasteiger partial charge in [0.05, 0.1) is 12.1 Å². The lowest BCUT2D eigenvalue weighted by atomic mass is 10.2. The van der Waals surface area contributed by atoms with Gasteiger partial charge in [0, 0.05) is 17.1 Å². The highest BCUT2D eigenvalue weighted by Crippen LogP contribution is 2.27. The molecule has 2 aromatic rings. The van der Waals surface area contributed by atoms with Gasteiger partial charge >= 0.3 is 6.03 Å². The second-order valence-corrected chi connectivity index (χ2v) is 6.57. The number of para-hydroxylation sites is 1. The highest BCUT2D eigenvalue weighted by molar-refractivity contribution is 6.02. The zero-order valence-electron chi connectivity index (χ0n) is 13.7. The normalized spacial score (nSPS) is 19.0. The molecular weight excluding hydrogens is 304 g/mol. The van der Waals surface area contributed by atoms with Gasteiger partial charge in [0.1, 0.15) is 12.4 Å². The van der Waals surface area contributed by atoms with Crippen LogP contribution in [0.1, 0.15) is 37.2 Å². The largest absolute Gasteiger partial charge is 0.327 e. The topological polar surface area (TPSA) is 66.4 Å². The average molecular weight is 324 g/mol. The lowest BCUT2D eigenvalue weighted by Crippen LogP contribution is -2.38. The highest BCUT2D eigenvalue weighted by Gasteiger charge is 2.40. The van der Waals surface area contributed by atoms with Crippen LogP contribution in [0.4, 0.5) is 4.79 Å². The zero-order chi connectivity index (χ0) is 16.7. The minimum absolute atomic E-state index is 0.145. The van der Waals surface area contributed by atoms with E-state index in [-0.39, 0.29) is 31.1 Å². The molecule has 0 bridgehead atoms. The fraction of sp³-hybridized carbons (Fsp3) is 0.444. The number of rotatable bonds is 3. The van der Waals surface area contributed by atoms with Crippen LogP contribution in [0.3, 0.4) is 0 Å². The summed E-state index contributed by atoms with van der Waals surface area (Å²) in [6.45, 7) is 2.26. The van der Waals surface area contributed by atoms with Crippen LogP contribution in [0.5, 0.6) is 0 Å². The van der Waals surface area contributed by atoms with Gasteiger partial charge in [-0.1, -0.05) is 31.0 Å². The zero-order valence-corrected chi connectivity index (χ0v) is 13.7. The Bertz CT molecular complexity index is 814. The Morgan fingerprint density at radius 2 is 1.88 bits per heavy atom. The lowest BCUT2D eigenvalue weighted by molar-refractivity contribution is -0.125. The van der Waals surface area contributed by atoms with Crippen molar-refractivity contribution >= 4 is 22.8 Å². The predicted octanol–water partition coefficient (Wildman–Crippen LogP) is 2.65. The number of hydrogen-bond donors (Lipinski definition) is 0. The molecule has 124 valence electrons. The van der Waals surface area contributed by atoms with Crippen molar-refractivity contribution in [3.05, 3.63) is 35.8 Å². The molecule has 4 rings (SSSR count). The fourth-order valence-corrected chi connectivity index (χ4v) is 3.72. The van der Waals surface area contributed by atoms with Gasteiger partial charge < -0.3 is 4.90 Å². The van der Waals surface area contributed by atoms with Gasteiger partial charge in [-0.25, -0.2) is 14.8 Å². The van der Waals surface area contributed by atoms with Gasteiger partial charge in [0.15, 0.2) is 0 Å². The molecule has 3 amide bonds. The Hall–Kier alpha value is -2.50. The molecular formula is C18H20N4O2. The number of imide groups is 1. The van der Waals surface area contributed by atoms with Gasteiger partial charge in [-0.15, -0.1) is 0 Å². The van der Waals surface area contributed by atoms with E-state index in [9.17, 15) is 9.59 Å². The molecule has 0 atom stereocenters. The molecule has 0 N–H and O–H groups in total. The van der Waals surface area contributed by atoms with Crippen LogP contribution in [0.15, 0.2) is 24.3 Å². The van der Waals surface area contributed by atoms with Crippen molar-refractivity contribution in [3.63, 3.8) is 0 Å². The van der Waals surface area contributed by atoms with E-state index in [4.69, 9.17) is 0 Å². The molecule has 1 aromatic carbocycles. The molecule has 6 nitrogen and oxygen atoms in total. The fourth-order valence-electron chi connectivity index (χ4n) is 3.72. The second kappa shape index (κ2) is 5.85. The van der Waals surface area contributed by atoms with Crippen molar-refractivity contribution in [3.8, 4) is 0 Å². The maximum absolute atomic E-state index is 12.6. The molecule has 24 heavy (non-hydrogen) atoms. The number of hydrogen-bond acceptors (Lipinski definition) is 4. The van der Waals surface area contributed by atoms with Crippen LogP contribution >= 0.6 is 0 Å². The van der Waals surface area contributed by atoms with Crippen molar-refractivity contribution < 1.29 is 9.59 Å². The van der Waals surface area contributed by atoms with E-state index in [0.29, 0.717) is 5.82 Å². The van der Waals surface area contributed by atoms with Crippen molar-refractivity contribution in [2.45, 2.75) is 45.2 Å². The van der Waals surface area contributed by atoms with Crippen molar-refractivity contribution in [1.29, 1.82) is 0 Å². The Labute approximate surface area is 140 Å². The molecule has 1 aromatic heterocycles. The number of aromatic nitrogens is 2. The van der Waals surface area contributed by atoms with Gasteiger partial charge in [-0.05, 0) is 25.8 Å². The molecule has 2 fully saturated rings. The molecule has 1 aliphatic heterocycles. The van der Waals surface area contributed by atoms with Crippen LogP contribution < -0.4 is 0 Å². The van der Waals surface area contributed by atoms with E-state index in [1.54, 1.807) is 4.90 Å². The van der Waals surface area contributed by atoms with Crippen LogP contribution in [-0.4, -0.2) is 44.3 Å². The summed E-state index contributed by atoms with van der Waals surface area (Å²) in [4.78, 5) is 37.0. The molecule has 0 unspecified atom stereocenters. The third kappa shape index (κ3) is 2.52. The first-order chi connectivity index (χ1) is 11.6. The number of aryl methyl sites for hydroxylation is 1. The molecule has 2 heterocycles. The minimum Gasteiger partial charge on any atom is -0.312 e. The number of fused-ring (bicyclic) bond motifs is 1. The summed E-state index contributed by atoms with van der Waals surface area (Å²) in [6.07, 6.45) is 4.27. The molecule has 2 aliphatic rings. The minimum atomic E-state index is -0.193. The number of carbonyl (C=O) groups is 2. The summed E-state index contributed by atoms with van der Waals surface area (Å²) < 4.78 is 0. The third-order valence-corrected chi connectivity index (χ3v) is 4.99. The van der Waals surface area contributed by atoms with E-state index < -0.39 is 0 Å². The number of carbonyl (C=O) groups excluding carboxylic acids is 2. The Morgan fingerprint density at radius 1 is 1.12 bits per heavy atom. The smallest absolute Gasteiger partial charge is 0.312 e. The van der Waals surface area contributed by atoms with E-state index in [1.165, 1.54) is 4.90 Å².